The van der Waals surface area contributed by atoms with Gasteiger partial charge >= 0.3 is 0 Å². The molecule has 3 N–H and O–H groups in total. The Morgan fingerprint density at radius 1 is 1.00 bits per heavy atom. The van der Waals surface area contributed by atoms with Crippen molar-refractivity contribution in [2.24, 2.45) is 0 Å². The van der Waals surface area contributed by atoms with Crippen molar-refractivity contribution in [1.82, 2.24) is 9.97 Å². The molecule has 0 bridgehead atoms. The number of phenolic OH excluding ortho intramolecular Hbond substituents is 1. The number of aromatic nitrogens is 2. The highest BCUT2D eigenvalue weighted by atomic mass is 35.5. The van der Waals surface area contributed by atoms with Crippen molar-refractivity contribution in [3.05, 3.63) is 101 Å². The number of phenols is 1. The van der Waals surface area contributed by atoms with Gasteiger partial charge in [-0.05, 0) is 35.9 Å². The number of nitrogens with zero attached hydrogens (tertiary/aromatic N) is 2. The molecule has 0 amide bonds. The lowest BCUT2D eigenvalue weighted by molar-refractivity contribution is 0.371. The lowest BCUT2D eigenvalue weighted by atomic mass is 10.1. The van der Waals surface area contributed by atoms with E-state index in [1.165, 1.54) is 25.4 Å². The maximum absolute atomic E-state index is 14.7. The second-order valence-electron chi connectivity index (χ2n) is 8.64. The summed E-state index contributed by atoms with van der Waals surface area (Å²) in [5.74, 6) is -0.367. The zero-order chi connectivity index (χ0) is 31.1. The quantitative estimate of drug-likeness (QED) is 0.149. The third kappa shape index (κ3) is 7.22. The first-order valence-electron chi connectivity index (χ1n) is 12.9. The predicted octanol–water partition coefficient (Wildman–Crippen LogP) is 7.96. The van der Waals surface area contributed by atoms with Crippen LogP contribution in [0.3, 0.4) is 0 Å². The number of methoxy groups -OCH3 is 1. The number of hydrogen-bond donors (Lipinski definition) is 3. The van der Waals surface area contributed by atoms with E-state index in [-0.39, 0.29) is 44.3 Å². The molecule has 13 heteroatoms. The number of rotatable bonds is 9. The van der Waals surface area contributed by atoms with Gasteiger partial charge in [0.05, 0.1) is 24.0 Å². The fraction of sp³-hybridized carbons (Fsp3) is 0.133. The molecule has 0 saturated heterocycles. The van der Waals surface area contributed by atoms with Crippen molar-refractivity contribution >= 4 is 43.8 Å². The van der Waals surface area contributed by atoms with Crippen LogP contribution < -0.4 is 14.8 Å². The first kappa shape index (κ1) is 31.7. The Morgan fingerprint density at radius 3 is 2.44 bits per heavy atom. The van der Waals surface area contributed by atoms with E-state index in [1.807, 2.05) is 13.8 Å². The predicted molar refractivity (Wildman–Crippen MR) is 166 cm³/mol. The largest absolute Gasteiger partial charge is 0.504 e. The Balaban J connectivity index is 0.00000207. The molecular formula is C30H27ClF2N4O4S2. The Kier molecular flexibility index (Phi) is 10.2. The number of nitrogens with one attached hydrogen (secondary N) is 2. The zero-order valence-corrected chi connectivity index (χ0v) is 25.6. The van der Waals surface area contributed by atoms with Crippen molar-refractivity contribution in [3.63, 3.8) is 0 Å². The highest BCUT2D eigenvalue weighted by molar-refractivity contribution is 7.93. The van der Waals surface area contributed by atoms with Gasteiger partial charge in [-0.3, -0.25) is 4.72 Å². The van der Waals surface area contributed by atoms with Crippen molar-refractivity contribution in [1.29, 1.82) is 0 Å². The summed E-state index contributed by atoms with van der Waals surface area (Å²) in [7, 11) is -2.89. The average Bonchev–Trinajstić information content (AvgIpc) is 3.38. The van der Waals surface area contributed by atoms with E-state index >= 15 is 0 Å². The molecule has 224 valence electrons. The van der Waals surface area contributed by atoms with Gasteiger partial charge in [0.2, 0.25) is 5.13 Å². The van der Waals surface area contributed by atoms with Gasteiger partial charge in [0, 0.05) is 23.2 Å². The molecule has 8 nitrogen and oxygen atoms in total. The van der Waals surface area contributed by atoms with Gasteiger partial charge < -0.3 is 15.2 Å². The summed E-state index contributed by atoms with van der Waals surface area (Å²) in [5.41, 5.74) is 1.91. The minimum atomic E-state index is -4.34. The highest BCUT2D eigenvalue weighted by Crippen LogP contribution is 2.35. The van der Waals surface area contributed by atoms with Gasteiger partial charge in [0.25, 0.3) is 10.0 Å². The first-order chi connectivity index (χ1) is 20.7. The average molecular weight is 645 g/mol. The SMILES string of the molecule is CC.COc1cccc(CNc2cnc(S(=O)(=O)Nc3nc(-c4ccc(F)c(Cl)c4)c(F)s3)c(-c3ccccc3)c2)c1O. The molecule has 0 saturated carbocycles. The third-order valence-corrected chi connectivity index (χ3v) is 8.45. The number of ether oxygens (including phenoxy) is 1. The smallest absolute Gasteiger partial charge is 0.281 e. The van der Waals surface area contributed by atoms with E-state index in [2.05, 4.69) is 20.0 Å². The minimum Gasteiger partial charge on any atom is -0.504 e. The summed E-state index contributed by atoms with van der Waals surface area (Å²) in [4.78, 5) is 8.29. The topological polar surface area (TPSA) is 113 Å². The molecule has 5 aromatic rings. The normalized spacial score (nSPS) is 10.9. The summed E-state index contributed by atoms with van der Waals surface area (Å²) in [5, 5.41) is 12.0. The van der Waals surface area contributed by atoms with Gasteiger partial charge in [0.1, 0.15) is 11.5 Å². The van der Waals surface area contributed by atoms with E-state index in [4.69, 9.17) is 16.3 Å². The fourth-order valence-corrected chi connectivity index (χ4v) is 6.26. The minimum absolute atomic E-state index is 0.0138. The number of sulfonamides is 1. The Hall–Kier alpha value is -4.26. The molecular weight excluding hydrogens is 618 g/mol. The van der Waals surface area contributed by atoms with Crippen LogP contribution in [-0.4, -0.2) is 30.6 Å². The number of hydrogen-bond acceptors (Lipinski definition) is 8. The van der Waals surface area contributed by atoms with E-state index < -0.39 is 21.0 Å². The van der Waals surface area contributed by atoms with Crippen LogP contribution in [0.15, 0.2) is 84.0 Å². The Morgan fingerprint density at radius 2 is 1.74 bits per heavy atom. The summed E-state index contributed by atoms with van der Waals surface area (Å²) < 4.78 is 62.7. The molecule has 0 aliphatic carbocycles. The van der Waals surface area contributed by atoms with Gasteiger partial charge in [-0.15, -0.1) is 0 Å². The Bertz CT molecular complexity index is 1840. The number of pyridine rings is 1. The number of benzene rings is 3. The van der Waals surface area contributed by atoms with Gasteiger partial charge in [-0.25, -0.2) is 14.4 Å². The van der Waals surface area contributed by atoms with E-state index in [0.29, 0.717) is 33.9 Å². The summed E-state index contributed by atoms with van der Waals surface area (Å²) in [6, 6.07) is 19.0. The molecule has 0 fully saturated rings. The molecule has 0 unspecified atom stereocenters. The summed E-state index contributed by atoms with van der Waals surface area (Å²) in [6.07, 6.45) is 1.34. The maximum Gasteiger partial charge on any atom is 0.281 e. The molecule has 43 heavy (non-hydrogen) atoms. The Labute approximate surface area is 257 Å². The standard InChI is InChI=1S/C28H21ClF2N4O4S2.C2H6/c1-39-23-9-5-8-18(25(23)36)14-32-19-13-20(16-6-3-2-4-7-16)27(33-15-19)41(37,38)35-28-34-24(26(31)40-28)17-10-11-22(30)21(29)12-17;1-2/h2-13,15,32,36H,14H2,1H3,(H,34,35);1-2H3. The first-order valence-corrected chi connectivity index (χ1v) is 15.6. The molecule has 0 atom stereocenters. The molecule has 5 rings (SSSR count). The number of anilines is 2. The molecule has 0 spiro atoms. The van der Waals surface area contributed by atoms with Crippen LogP contribution in [0, 0.1) is 10.9 Å². The monoisotopic (exact) mass is 644 g/mol. The zero-order valence-electron chi connectivity index (χ0n) is 23.2. The summed E-state index contributed by atoms with van der Waals surface area (Å²) in [6.45, 7) is 4.21. The van der Waals surface area contributed by atoms with Crippen LogP contribution in [0.2, 0.25) is 5.02 Å². The molecule has 0 aliphatic rings. The van der Waals surface area contributed by atoms with Crippen LogP contribution in [0.4, 0.5) is 19.6 Å². The number of aromatic hydroxyl groups is 1. The van der Waals surface area contributed by atoms with Crippen LogP contribution in [0.1, 0.15) is 19.4 Å². The number of halogens is 3. The maximum atomic E-state index is 14.7. The number of thiazole rings is 1. The van der Waals surface area contributed by atoms with Crippen LogP contribution in [-0.2, 0) is 16.6 Å². The van der Waals surface area contributed by atoms with Gasteiger partial charge in [0.15, 0.2) is 21.7 Å². The van der Waals surface area contributed by atoms with E-state index in [1.54, 1.807) is 54.6 Å². The van der Waals surface area contributed by atoms with Gasteiger partial charge in [-0.2, -0.15) is 12.8 Å². The lowest BCUT2D eigenvalue weighted by Gasteiger charge is -2.14. The molecule has 0 radical (unpaired) electrons. The molecule has 2 heterocycles. The van der Waals surface area contributed by atoms with E-state index in [0.717, 1.165) is 6.07 Å². The van der Waals surface area contributed by atoms with Crippen LogP contribution in [0.25, 0.3) is 22.4 Å². The second-order valence-corrected chi connectivity index (χ2v) is 11.6. The highest BCUT2D eigenvalue weighted by Gasteiger charge is 2.25. The van der Waals surface area contributed by atoms with Crippen molar-refractivity contribution < 1.29 is 27.0 Å². The van der Waals surface area contributed by atoms with Crippen molar-refractivity contribution in [3.8, 4) is 33.9 Å². The number of para-hydroxylation sites is 1. The van der Waals surface area contributed by atoms with Crippen molar-refractivity contribution in [2.45, 2.75) is 25.4 Å². The fourth-order valence-electron chi connectivity index (χ4n) is 3.99. The second kappa shape index (κ2) is 13.8. The van der Waals surface area contributed by atoms with Crippen LogP contribution >= 0.6 is 22.9 Å². The molecule has 3 aromatic carbocycles. The lowest BCUT2D eigenvalue weighted by Crippen LogP contribution is -2.16. The molecule has 2 aromatic heterocycles. The van der Waals surface area contributed by atoms with Gasteiger partial charge in [-0.1, -0.05) is 79.2 Å². The third-order valence-electron chi connectivity index (χ3n) is 5.98. The molecule has 0 aliphatic heterocycles. The van der Waals surface area contributed by atoms with Crippen molar-refractivity contribution in [2.75, 3.05) is 17.1 Å². The van der Waals surface area contributed by atoms with Crippen LogP contribution in [0.5, 0.6) is 11.5 Å². The summed E-state index contributed by atoms with van der Waals surface area (Å²) >= 11 is 6.29. The van der Waals surface area contributed by atoms with E-state index in [9.17, 15) is 22.3 Å².